The van der Waals surface area contributed by atoms with Gasteiger partial charge < -0.3 is 10.2 Å². The van der Waals surface area contributed by atoms with Crippen LogP contribution in [-0.4, -0.2) is 29.8 Å². The number of hydrogen-bond acceptors (Lipinski definition) is 3. The van der Waals surface area contributed by atoms with Gasteiger partial charge in [0, 0.05) is 13.1 Å². The first-order chi connectivity index (χ1) is 13.3. The smallest absolute Gasteiger partial charge is 0.349 e. The van der Waals surface area contributed by atoms with Gasteiger partial charge in [0.25, 0.3) is 5.91 Å². The molecule has 150 valence electrons. The van der Waals surface area contributed by atoms with E-state index in [2.05, 4.69) is 5.32 Å². The second-order valence-corrected chi connectivity index (χ2v) is 7.87. The SMILES string of the molecule is C[C@H](NC(=O)[C@H]1CCCN(C(=O)c2cccs2)C1)c1cccc(C(F)(F)F)c1. The Kier molecular flexibility index (Phi) is 6.07. The normalized spacial score (nSPS) is 18.6. The van der Waals surface area contributed by atoms with Crippen LogP contribution in [0.1, 0.15) is 46.6 Å². The average Bonchev–Trinajstić information content (AvgIpc) is 3.21. The number of piperidine rings is 1. The number of nitrogens with one attached hydrogen (secondary N) is 1. The molecule has 8 heteroatoms. The summed E-state index contributed by atoms with van der Waals surface area (Å²) in [5.41, 5.74) is -0.345. The molecule has 1 fully saturated rings. The van der Waals surface area contributed by atoms with Gasteiger partial charge in [-0.15, -0.1) is 11.3 Å². The number of rotatable bonds is 4. The molecule has 0 aliphatic carbocycles. The minimum atomic E-state index is -4.42. The van der Waals surface area contributed by atoms with Crippen molar-refractivity contribution in [3.05, 3.63) is 57.8 Å². The van der Waals surface area contributed by atoms with Gasteiger partial charge in [0.2, 0.25) is 5.91 Å². The summed E-state index contributed by atoms with van der Waals surface area (Å²) >= 11 is 1.36. The van der Waals surface area contributed by atoms with Crippen LogP contribution >= 0.6 is 11.3 Å². The first-order valence-corrected chi connectivity index (χ1v) is 9.94. The van der Waals surface area contributed by atoms with Crippen molar-refractivity contribution in [2.75, 3.05) is 13.1 Å². The number of benzene rings is 1. The number of amides is 2. The van der Waals surface area contributed by atoms with Gasteiger partial charge in [-0.2, -0.15) is 13.2 Å². The second-order valence-electron chi connectivity index (χ2n) is 6.92. The minimum Gasteiger partial charge on any atom is -0.349 e. The van der Waals surface area contributed by atoms with Crippen LogP contribution in [0.25, 0.3) is 0 Å². The van der Waals surface area contributed by atoms with E-state index in [1.165, 1.54) is 17.4 Å². The highest BCUT2D eigenvalue weighted by molar-refractivity contribution is 7.12. The minimum absolute atomic E-state index is 0.0848. The largest absolute Gasteiger partial charge is 0.416 e. The topological polar surface area (TPSA) is 49.4 Å². The Morgan fingerprint density at radius 1 is 1.25 bits per heavy atom. The third-order valence-electron chi connectivity index (χ3n) is 4.88. The predicted molar refractivity (Wildman–Crippen MR) is 101 cm³/mol. The quantitative estimate of drug-likeness (QED) is 0.807. The lowest BCUT2D eigenvalue weighted by atomic mass is 9.96. The highest BCUT2D eigenvalue weighted by Gasteiger charge is 2.32. The molecule has 0 bridgehead atoms. The molecule has 1 aromatic heterocycles. The first kappa shape index (κ1) is 20.4. The van der Waals surface area contributed by atoms with E-state index >= 15 is 0 Å². The molecule has 2 aromatic rings. The molecule has 1 aliphatic heterocycles. The van der Waals surface area contributed by atoms with Crippen LogP contribution in [0.15, 0.2) is 41.8 Å². The molecule has 28 heavy (non-hydrogen) atoms. The van der Waals surface area contributed by atoms with E-state index in [4.69, 9.17) is 0 Å². The van der Waals surface area contributed by atoms with E-state index in [1.807, 2.05) is 11.4 Å². The Bertz CT molecular complexity index is 836. The number of carbonyl (C=O) groups excluding carboxylic acids is 2. The zero-order valence-electron chi connectivity index (χ0n) is 15.3. The van der Waals surface area contributed by atoms with Gasteiger partial charge in [0.15, 0.2) is 0 Å². The summed E-state index contributed by atoms with van der Waals surface area (Å²) in [6.45, 7) is 2.58. The first-order valence-electron chi connectivity index (χ1n) is 9.06. The van der Waals surface area contributed by atoms with Crippen molar-refractivity contribution in [3.8, 4) is 0 Å². The Morgan fingerprint density at radius 2 is 2.04 bits per heavy atom. The van der Waals surface area contributed by atoms with Crippen LogP contribution in [0.3, 0.4) is 0 Å². The van der Waals surface area contributed by atoms with E-state index in [0.717, 1.165) is 12.1 Å². The van der Waals surface area contributed by atoms with Gasteiger partial charge in [-0.1, -0.05) is 18.2 Å². The summed E-state index contributed by atoms with van der Waals surface area (Å²) in [7, 11) is 0. The molecule has 4 nitrogen and oxygen atoms in total. The fraction of sp³-hybridized carbons (Fsp3) is 0.400. The Morgan fingerprint density at radius 3 is 2.71 bits per heavy atom. The van der Waals surface area contributed by atoms with E-state index in [0.29, 0.717) is 36.4 Å². The Hall–Kier alpha value is -2.35. The second kappa shape index (κ2) is 8.34. The van der Waals surface area contributed by atoms with Crippen LogP contribution < -0.4 is 5.32 Å². The molecule has 1 aromatic carbocycles. The highest BCUT2D eigenvalue weighted by Crippen LogP contribution is 2.31. The van der Waals surface area contributed by atoms with Crippen LogP contribution in [0.5, 0.6) is 0 Å². The summed E-state index contributed by atoms with van der Waals surface area (Å²) in [4.78, 5) is 27.5. The van der Waals surface area contributed by atoms with E-state index < -0.39 is 17.8 Å². The van der Waals surface area contributed by atoms with E-state index in [9.17, 15) is 22.8 Å². The fourth-order valence-electron chi connectivity index (χ4n) is 3.33. The molecule has 3 rings (SSSR count). The van der Waals surface area contributed by atoms with Crippen LogP contribution in [0.4, 0.5) is 13.2 Å². The number of nitrogens with zero attached hydrogens (tertiary/aromatic N) is 1. The molecule has 0 radical (unpaired) electrons. The van der Waals surface area contributed by atoms with Crippen molar-refractivity contribution in [2.45, 2.75) is 32.0 Å². The molecule has 1 saturated heterocycles. The number of thiophene rings is 1. The van der Waals surface area contributed by atoms with E-state index in [-0.39, 0.29) is 17.7 Å². The summed E-state index contributed by atoms with van der Waals surface area (Å²) in [5, 5.41) is 4.63. The third kappa shape index (κ3) is 4.73. The standard InChI is InChI=1S/C20H21F3N2O2S/c1-13(14-5-2-7-16(11-14)20(21,22)23)24-18(26)15-6-3-9-25(12-15)19(27)17-8-4-10-28-17/h2,4-5,7-8,10-11,13,15H,3,6,9,12H2,1H3,(H,24,26)/t13-,15-/m0/s1. The zero-order chi connectivity index (χ0) is 20.3. The van der Waals surface area contributed by atoms with Crippen LogP contribution in [0, 0.1) is 5.92 Å². The van der Waals surface area contributed by atoms with Crippen LogP contribution in [-0.2, 0) is 11.0 Å². The van der Waals surface area contributed by atoms with Gasteiger partial charge in [-0.25, -0.2) is 0 Å². The van der Waals surface area contributed by atoms with Crippen molar-refractivity contribution < 1.29 is 22.8 Å². The van der Waals surface area contributed by atoms with Gasteiger partial charge in [0.1, 0.15) is 0 Å². The number of alkyl halides is 3. The van der Waals surface area contributed by atoms with Crippen LogP contribution in [0.2, 0.25) is 0 Å². The summed E-state index contributed by atoms with van der Waals surface area (Å²) in [5.74, 6) is -0.696. The van der Waals surface area contributed by atoms with Crippen molar-refractivity contribution in [1.29, 1.82) is 0 Å². The molecule has 0 spiro atoms. The molecular formula is C20H21F3N2O2S. The summed E-state index contributed by atoms with van der Waals surface area (Å²) in [6, 6.07) is 7.97. The maximum atomic E-state index is 12.9. The highest BCUT2D eigenvalue weighted by atomic mass is 32.1. The lowest BCUT2D eigenvalue weighted by Gasteiger charge is -2.32. The number of hydrogen-bond donors (Lipinski definition) is 1. The molecule has 1 N–H and O–H groups in total. The zero-order valence-corrected chi connectivity index (χ0v) is 16.1. The molecule has 2 heterocycles. The molecule has 0 unspecified atom stereocenters. The molecular weight excluding hydrogens is 389 g/mol. The van der Waals surface area contributed by atoms with E-state index in [1.54, 1.807) is 24.0 Å². The van der Waals surface area contributed by atoms with Gasteiger partial charge in [0.05, 0.1) is 22.4 Å². The summed E-state index contributed by atoms with van der Waals surface area (Å²) in [6.07, 6.45) is -3.06. The van der Waals surface area contributed by atoms with Crippen molar-refractivity contribution in [3.63, 3.8) is 0 Å². The molecule has 2 amide bonds. The van der Waals surface area contributed by atoms with Gasteiger partial charge in [-0.05, 0) is 48.9 Å². The monoisotopic (exact) mass is 410 g/mol. The molecule has 0 saturated carbocycles. The Balaban J connectivity index is 1.63. The predicted octanol–water partition coefficient (Wildman–Crippen LogP) is 4.50. The fourth-order valence-corrected chi connectivity index (χ4v) is 4.02. The lowest BCUT2D eigenvalue weighted by molar-refractivity contribution is -0.137. The molecule has 2 atom stereocenters. The number of halogens is 3. The number of carbonyl (C=O) groups is 2. The Labute approximate surface area is 165 Å². The third-order valence-corrected chi connectivity index (χ3v) is 5.74. The lowest BCUT2D eigenvalue weighted by Crippen LogP contribution is -2.45. The maximum Gasteiger partial charge on any atom is 0.416 e. The number of likely N-dealkylation sites (tertiary alicyclic amines) is 1. The maximum absolute atomic E-state index is 12.9. The van der Waals surface area contributed by atoms with Gasteiger partial charge in [-0.3, -0.25) is 9.59 Å². The molecule has 1 aliphatic rings. The van der Waals surface area contributed by atoms with Crippen molar-refractivity contribution >= 4 is 23.2 Å². The average molecular weight is 410 g/mol. The summed E-state index contributed by atoms with van der Waals surface area (Å²) < 4.78 is 38.7. The van der Waals surface area contributed by atoms with Gasteiger partial charge >= 0.3 is 6.18 Å². The van der Waals surface area contributed by atoms with Crippen molar-refractivity contribution in [2.24, 2.45) is 5.92 Å². The van der Waals surface area contributed by atoms with Crippen molar-refractivity contribution in [1.82, 2.24) is 10.2 Å².